The van der Waals surface area contributed by atoms with E-state index >= 15 is 0 Å². The summed E-state index contributed by atoms with van der Waals surface area (Å²) in [5.41, 5.74) is 2.25. The molecule has 0 aromatic heterocycles. The quantitative estimate of drug-likeness (QED) is 0.231. The van der Waals surface area contributed by atoms with Gasteiger partial charge in [-0.3, -0.25) is 14.4 Å². The van der Waals surface area contributed by atoms with Crippen LogP contribution in [0, 0.1) is 0 Å². The standard InChI is InChI=1S/C33H34N2O9S/c1-21(36)45-29(18-22-8-14-26(15-9-22)44-33(41)43-20-23-6-4-3-5-7-23)31(39)34-19-30(38)35-27(16-17-28(35)32(40)42-2)24-10-12-25(37)13-11-24/h3-15,27-29,37H,16-20H2,1-2H3,(H,34,39)/t27?,28-,29?/m0/s1. The number of carbonyl (C=O) groups is 5. The lowest BCUT2D eigenvalue weighted by Gasteiger charge is -2.29. The number of phenolic OH excluding ortho intramolecular Hbond substituents is 1. The van der Waals surface area contributed by atoms with E-state index in [4.69, 9.17) is 14.2 Å². The second-order valence-corrected chi connectivity index (χ2v) is 11.7. The first-order valence-electron chi connectivity index (χ1n) is 14.2. The van der Waals surface area contributed by atoms with Gasteiger partial charge >= 0.3 is 12.1 Å². The van der Waals surface area contributed by atoms with Crippen LogP contribution in [0.3, 0.4) is 0 Å². The Morgan fingerprint density at radius 2 is 1.62 bits per heavy atom. The van der Waals surface area contributed by atoms with Gasteiger partial charge in [0.15, 0.2) is 5.12 Å². The number of esters is 1. The van der Waals surface area contributed by atoms with Gasteiger partial charge in [0.1, 0.15) is 24.1 Å². The lowest BCUT2D eigenvalue weighted by atomic mass is 10.0. The minimum Gasteiger partial charge on any atom is -0.508 e. The molecule has 3 aromatic carbocycles. The third-order valence-electron chi connectivity index (χ3n) is 7.18. The highest BCUT2D eigenvalue weighted by Crippen LogP contribution is 2.37. The smallest absolute Gasteiger partial charge is 0.508 e. The van der Waals surface area contributed by atoms with Crippen LogP contribution in [0.4, 0.5) is 4.79 Å². The van der Waals surface area contributed by atoms with E-state index in [1.807, 2.05) is 30.3 Å². The fourth-order valence-electron chi connectivity index (χ4n) is 5.06. The van der Waals surface area contributed by atoms with Gasteiger partial charge < -0.3 is 29.5 Å². The number of carbonyl (C=O) groups excluding carboxylic acids is 5. The number of thioether (sulfide) groups is 1. The van der Waals surface area contributed by atoms with Crippen molar-refractivity contribution in [2.45, 2.75) is 50.1 Å². The Balaban J connectivity index is 1.36. The summed E-state index contributed by atoms with van der Waals surface area (Å²) in [6, 6.07) is 20.7. The van der Waals surface area contributed by atoms with Crippen molar-refractivity contribution in [3.05, 3.63) is 95.6 Å². The zero-order valence-corrected chi connectivity index (χ0v) is 25.7. The molecule has 0 saturated carbocycles. The molecule has 1 heterocycles. The highest BCUT2D eigenvalue weighted by Gasteiger charge is 2.42. The molecule has 1 aliphatic rings. The molecule has 0 bridgehead atoms. The third kappa shape index (κ3) is 9.32. The van der Waals surface area contributed by atoms with Crippen LogP contribution in [0.1, 0.15) is 42.5 Å². The molecule has 3 atom stereocenters. The molecule has 2 amide bonds. The summed E-state index contributed by atoms with van der Waals surface area (Å²) in [5.74, 6) is -1.25. The van der Waals surface area contributed by atoms with Gasteiger partial charge in [-0.2, -0.15) is 0 Å². The zero-order chi connectivity index (χ0) is 32.3. The van der Waals surface area contributed by atoms with Crippen LogP contribution in [-0.4, -0.2) is 64.0 Å². The highest BCUT2D eigenvalue weighted by atomic mass is 32.2. The molecular formula is C33H34N2O9S. The molecule has 12 heteroatoms. The van der Waals surface area contributed by atoms with Gasteiger partial charge in [-0.15, -0.1) is 0 Å². The molecule has 3 aromatic rings. The van der Waals surface area contributed by atoms with E-state index in [0.29, 0.717) is 18.4 Å². The number of phenols is 1. The maximum atomic E-state index is 13.4. The van der Waals surface area contributed by atoms with Crippen molar-refractivity contribution >= 4 is 40.8 Å². The molecule has 1 aliphatic heterocycles. The third-order valence-corrected chi connectivity index (χ3v) is 8.18. The Bertz CT molecular complexity index is 1500. The predicted molar refractivity (Wildman–Crippen MR) is 165 cm³/mol. The van der Waals surface area contributed by atoms with Crippen LogP contribution in [0.5, 0.6) is 11.5 Å². The van der Waals surface area contributed by atoms with Gasteiger partial charge in [-0.1, -0.05) is 66.4 Å². The first-order valence-corrected chi connectivity index (χ1v) is 15.1. The zero-order valence-electron chi connectivity index (χ0n) is 24.8. The van der Waals surface area contributed by atoms with Crippen molar-refractivity contribution in [1.82, 2.24) is 10.2 Å². The average Bonchev–Trinajstić information content (AvgIpc) is 3.49. The molecule has 0 radical (unpaired) electrons. The molecule has 11 nitrogen and oxygen atoms in total. The van der Waals surface area contributed by atoms with Gasteiger partial charge in [0, 0.05) is 6.92 Å². The van der Waals surface area contributed by atoms with Crippen LogP contribution < -0.4 is 10.1 Å². The molecular weight excluding hydrogens is 600 g/mol. The van der Waals surface area contributed by atoms with E-state index in [-0.39, 0.29) is 29.6 Å². The topological polar surface area (TPSA) is 149 Å². The summed E-state index contributed by atoms with van der Waals surface area (Å²) in [5, 5.41) is 11.2. The van der Waals surface area contributed by atoms with E-state index in [1.165, 1.54) is 31.1 Å². The minimum absolute atomic E-state index is 0.0674. The van der Waals surface area contributed by atoms with Crippen molar-refractivity contribution < 1.29 is 43.3 Å². The van der Waals surface area contributed by atoms with Crippen LogP contribution in [0.2, 0.25) is 0 Å². The van der Waals surface area contributed by atoms with Gasteiger partial charge in [0.2, 0.25) is 11.8 Å². The molecule has 1 saturated heterocycles. The van der Waals surface area contributed by atoms with Crippen LogP contribution in [0.25, 0.3) is 0 Å². The van der Waals surface area contributed by atoms with E-state index in [2.05, 4.69) is 5.32 Å². The first kappa shape index (κ1) is 33.1. The summed E-state index contributed by atoms with van der Waals surface area (Å²) in [6.45, 7) is 1.02. The fourth-order valence-corrected chi connectivity index (χ4v) is 5.92. The number of hydrogen-bond donors (Lipinski definition) is 2. The summed E-state index contributed by atoms with van der Waals surface area (Å²) < 4.78 is 15.3. The summed E-state index contributed by atoms with van der Waals surface area (Å²) >= 11 is 0.835. The summed E-state index contributed by atoms with van der Waals surface area (Å²) in [7, 11) is 1.25. The maximum Gasteiger partial charge on any atom is 0.514 e. The number of nitrogens with one attached hydrogen (secondary N) is 1. The monoisotopic (exact) mass is 634 g/mol. The van der Waals surface area contributed by atoms with E-state index in [1.54, 1.807) is 36.4 Å². The number of ether oxygens (including phenoxy) is 3. The number of hydrogen-bond acceptors (Lipinski definition) is 10. The number of rotatable bonds is 11. The van der Waals surface area contributed by atoms with E-state index in [0.717, 1.165) is 22.9 Å². The molecule has 4 rings (SSSR count). The van der Waals surface area contributed by atoms with Crippen molar-refractivity contribution in [1.29, 1.82) is 0 Å². The number of aromatic hydroxyl groups is 1. The largest absolute Gasteiger partial charge is 0.514 e. The van der Waals surface area contributed by atoms with Crippen molar-refractivity contribution in [2.75, 3.05) is 13.7 Å². The number of amides is 2. The normalized spacial score (nSPS) is 16.4. The summed E-state index contributed by atoms with van der Waals surface area (Å²) in [4.78, 5) is 64.6. The average molecular weight is 635 g/mol. The Kier molecular flexibility index (Phi) is 11.6. The molecule has 0 spiro atoms. The van der Waals surface area contributed by atoms with E-state index < -0.39 is 47.8 Å². The molecule has 2 unspecified atom stereocenters. The van der Waals surface area contributed by atoms with Crippen LogP contribution in [0.15, 0.2) is 78.9 Å². The predicted octanol–water partition coefficient (Wildman–Crippen LogP) is 4.32. The maximum absolute atomic E-state index is 13.4. The van der Waals surface area contributed by atoms with Gasteiger partial charge in [0.05, 0.1) is 24.9 Å². The Morgan fingerprint density at radius 3 is 2.27 bits per heavy atom. The Labute approximate surface area is 264 Å². The second-order valence-electron chi connectivity index (χ2n) is 10.3. The first-order chi connectivity index (χ1) is 21.6. The number of likely N-dealkylation sites (tertiary alicyclic amines) is 1. The molecule has 2 N–H and O–H groups in total. The molecule has 1 fully saturated rings. The van der Waals surface area contributed by atoms with Gasteiger partial charge in [-0.25, -0.2) is 9.59 Å². The van der Waals surface area contributed by atoms with E-state index in [9.17, 15) is 29.1 Å². The number of nitrogens with zero attached hydrogens (tertiary/aromatic N) is 1. The highest BCUT2D eigenvalue weighted by molar-refractivity contribution is 8.14. The van der Waals surface area contributed by atoms with Crippen LogP contribution in [-0.2, 0) is 41.7 Å². The molecule has 45 heavy (non-hydrogen) atoms. The van der Waals surface area contributed by atoms with Crippen LogP contribution >= 0.6 is 11.8 Å². The molecule has 236 valence electrons. The lowest BCUT2D eigenvalue weighted by Crippen LogP contribution is -2.48. The lowest BCUT2D eigenvalue weighted by molar-refractivity contribution is -0.152. The van der Waals surface area contributed by atoms with Gasteiger partial charge in [0.25, 0.3) is 0 Å². The van der Waals surface area contributed by atoms with Crippen molar-refractivity contribution in [3.8, 4) is 11.5 Å². The number of benzene rings is 3. The summed E-state index contributed by atoms with van der Waals surface area (Å²) in [6.07, 6.45) is 0.178. The Morgan fingerprint density at radius 1 is 0.933 bits per heavy atom. The molecule has 0 aliphatic carbocycles. The number of methoxy groups -OCH3 is 1. The fraction of sp³-hybridized carbons (Fsp3) is 0.303. The van der Waals surface area contributed by atoms with Crippen molar-refractivity contribution in [3.63, 3.8) is 0 Å². The SMILES string of the molecule is COC(=O)[C@@H]1CCC(c2ccc(O)cc2)N1C(=O)CNC(=O)C(Cc1ccc(OC(=O)OCc2ccccc2)cc1)SC(C)=O. The van der Waals surface area contributed by atoms with Crippen molar-refractivity contribution in [2.24, 2.45) is 0 Å². The Hall–Kier alpha value is -4.84. The minimum atomic E-state index is -0.860. The second kappa shape index (κ2) is 15.8. The van der Waals surface area contributed by atoms with Gasteiger partial charge in [-0.05, 0) is 60.2 Å².